The number of hydrogen-bond donors (Lipinski definition) is 3. The van der Waals surface area contributed by atoms with Gasteiger partial charge in [-0.25, -0.2) is 0 Å². The van der Waals surface area contributed by atoms with Crippen LogP contribution in [0.3, 0.4) is 0 Å². The first kappa shape index (κ1) is 13.9. The first-order valence-corrected chi connectivity index (χ1v) is 5.99. The molecule has 1 aliphatic rings. The van der Waals surface area contributed by atoms with Crippen molar-refractivity contribution in [2.75, 3.05) is 32.8 Å². The fourth-order valence-corrected chi connectivity index (χ4v) is 1.99. The fourth-order valence-electron chi connectivity index (χ4n) is 1.99. The highest BCUT2D eigenvalue weighted by molar-refractivity contribution is 5.78. The van der Waals surface area contributed by atoms with Gasteiger partial charge in [0.15, 0.2) is 0 Å². The van der Waals surface area contributed by atoms with Crippen LogP contribution in [0.2, 0.25) is 0 Å². The van der Waals surface area contributed by atoms with E-state index in [1.165, 1.54) is 6.92 Å². The molecular formula is C11H21N3O3. The Morgan fingerprint density at radius 2 is 2.06 bits per heavy atom. The molecular weight excluding hydrogens is 222 g/mol. The number of amides is 2. The lowest BCUT2D eigenvalue weighted by Crippen LogP contribution is -2.43. The number of hydrogen-bond acceptors (Lipinski definition) is 4. The molecule has 0 aliphatic carbocycles. The summed E-state index contributed by atoms with van der Waals surface area (Å²) in [6.07, 6.45) is 1.99. The van der Waals surface area contributed by atoms with Crippen molar-refractivity contribution >= 4 is 11.8 Å². The third-order valence-electron chi connectivity index (χ3n) is 2.88. The number of rotatable bonds is 6. The Kier molecular flexibility index (Phi) is 5.93. The zero-order valence-electron chi connectivity index (χ0n) is 10.2. The maximum absolute atomic E-state index is 11.6. The molecule has 1 saturated heterocycles. The molecule has 0 saturated carbocycles. The minimum atomic E-state index is -0.0980. The molecule has 1 fully saturated rings. The normalized spacial score (nSPS) is 20.2. The Morgan fingerprint density at radius 1 is 1.35 bits per heavy atom. The van der Waals surface area contributed by atoms with Gasteiger partial charge in [-0.2, -0.15) is 0 Å². The van der Waals surface area contributed by atoms with Crippen LogP contribution in [0.1, 0.15) is 19.8 Å². The molecule has 6 heteroatoms. The van der Waals surface area contributed by atoms with Crippen LogP contribution in [0.4, 0.5) is 0 Å². The van der Waals surface area contributed by atoms with Gasteiger partial charge in [-0.1, -0.05) is 0 Å². The van der Waals surface area contributed by atoms with E-state index >= 15 is 0 Å². The first-order chi connectivity index (χ1) is 8.13. The number of aliphatic hydroxyl groups is 1. The lowest BCUT2D eigenvalue weighted by Gasteiger charge is -2.21. The summed E-state index contributed by atoms with van der Waals surface area (Å²) >= 11 is 0. The van der Waals surface area contributed by atoms with Crippen LogP contribution in [-0.2, 0) is 9.59 Å². The number of nitrogens with zero attached hydrogens (tertiary/aromatic N) is 1. The van der Waals surface area contributed by atoms with E-state index in [2.05, 4.69) is 10.6 Å². The number of carbonyl (C=O) groups is 2. The molecule has 3 N–H and O–H groups in total. The average molecular weight is 243 g/mol. The average Bonchev–Trinajstić information content (AvgIpc) is 2.71. The van der Waals surface area contributed by atoms with Crippen LogP contribution in [0, 0.1) is 0 Å². The third kappa shape index (κ3) is 5.14. The molecule has 1 heterocycles. The van der Waals surface area contributed by atoms with Crippen molar-refractivity contribution in [3.8, 4) is 0 Å². The Labute approximate surface area is 101 Å². The van der Waals surface area contributed by atoms with Crippen molar-refractivity contribution in [1.82, 2.24) is 15.5 Å². The van der Waals surface area contributed by atoms with Gasteiger partial charge in [0, 0.05) is 26.1 Å². The van der Waals surface area contributed by atoms with E-state index in [1.54, 1.807) is 0 Å². The van der Waals surface area contributed by atoms with E-state index in [0.717, 1.165) is 19.4 Å². The first-order valence-electron chi connectivity index (χ1n) is 5.99. The lowest BCUT2D eigenvalue weighted by atomic mass is 10.2. The van der Waals surface area contributed by atoms with E-state index in [1.807, 2.05) is 4.90 Å². The molecule has 0 radical (unpaired) electrons. The molecule has 0 bridgehead atoms. The minimum Gasteiger partial charge on any atom is -0.395 e. The van der Waals surface area contributed by atoms with Crippen molar-refractivity contribution < 1.29 is 14.7 Å². The molecule has 1 rings (SSSR count). The molecule has 0 spiro atoms. The Bertz CT molecular complexity index is 271. The zero-order chi connectivity index (χ0) is 12.7. The Balaban J connectivity index is 2.14. The summed E-state index contributed by atoms with van der Waals surface area (Å²) in [7, 11) is 0. The predicted octanol–water partition coefficient (Wildman–Crippen LogP) is -1.30. The van der Waals surface area contributed by atoms with Gasteiger partial charge in [0.2, 0.25) is 11.8 Å². The summed E-state index contributed by atoms with van der Waals surface area (Å²) in [4.78, 5) is 24.1. The molecule has 0 aromatic rings. The molecule has 0 aromatic carbocycles. The topological polar surface area (TPSA) is 81.7 Å². The van der Waals surface area contributed by atoms with Gasteiger partial charge in [0.1, 0.15) is 0 Å². The Morgan fingerprint density at radius 3 is 2.71 bits per heavy atom. The smallest absolute Gasteiger partial charge is 0.234 e. The maximum Gasteiger partial charge on any atom is 0.234 e. The third-order valence-corrected chi connectivity index (χ3v) is 2.88. The van der Waals surface area contributed by atoms with Crippen LogP contribution in [0.15, 0.2) is 0 Å². The lowest BCUT2D eigenvalue weighted by molar-refractivity contribution is -0.123. The highest BCUT2D eigenvalue weighted by atomic mass is 16.3. The predicted molar refractivity (Wildman–Crippen MR) is 63.4 cm³/mol. The number of aliphatic hydroxyl groups excluding tert-OH is 1. The van der Waals surface area contributed by atoms with E-state index in [9.17, 15) is 9.59 Å². The van der Waals surface area contributed by atoms with Crippen molar-refractivity contribution in [2.45, 2.75) is 25.8 Å². The molecule has 17 heavy (non-hydrogen) atoms. The standard InChI is InChI=1S/C11H21N3O3/c1-9(16)12-4-5-13-11(17)7-14-6-2-3-10(14)8-15/h10,15H,2-8H2,1H3,(H,12,16)(H,13,17). The molecule has 1 atom stereocenters. The molecule has 2 amide bonds. The fraction of sp³-hybridized carbons (Fsp3) is 0.818. The maximum atomic E-state index is 11.6. The summed E-state index contributed by atoms with van der Waals surface area (Å²) in [6.45, 7) is 3.63. The van der Waals surface area contributed by atoms with Crippen LogP contribution in [0.5, 0.6) is 0 Å². The van der Waals surface area contributed by atoms with Gasteiger partial charge in [0.05, 0.1) is 13.2 Å². The van der Waals surface area contributed by atoms with E-state index in [4.69, 9.17) is 5.11 Å². The second-order valence-corrected chi connectivity index (χ2v) is 4.28. The molecule has 0 aromatic heterocycles. The van der Waals surface area contributed by atoms with E-state index < -0.39 is 0 Å². The van der Waals surface area contributed by atoms with Gasteiger partial charge in [-0.3, -0.25) is 14.5 Å². The molecule has 1 unspecified atom stereocenters. The number of likely N-dealkylation sites (tertiary alicyclic amines) is 1. The number of carbonyl (C=O) groups excluding carboxylic acids is 2. The van der Waals surface area contributed by atoms with Crippen LogP contribution in [0.25, 0.3) is 0 Å². The summed E-state index contributed by atoms with van der Waals surface area (Å²) in [6, 6.07) is 0.121. The Hall–Kier alpha value is -1.14. The van der Waals surface area contributed by atoms with Gasteiger partial charge in [-0.15, -0.1) is 0 Å². The molecule has 98 valence electrons. The monoisotopic (exact) mass is 243 g/mol. The number of nitrogens with one attached hydrogen (secondary N) is 2. The SMILES string of the molecule is CC(=O)NCCNC(=O)CN1CCCC1CO. The van der Waals surface area contributed by atoms with Crippen LogP contribution >= 0.6 is 0 Å². The van der Waals surface area contributed by atoms with E-state index in [-0.39, 0.29) is 24.5 Å². The van der Waals surface area contributed by atoms with Crippen molar-refractivity contribution in [3.05, 3.63) is 0 Å². The summed E-state index contributed by atoms with van der Waals surface area (Å²) in [5.74, 6) is -0.158. The van der Waals surface area contributed by atoms with Crippen LogP contribution in [-0.4, -0.2) is 60.6 Å². The quantitative estimate of drug-likeness (QED) is 0.506. The van der Waals surface area contributed by atoms with Crippen LogP contribution < -0.4 is 10.6 Å². The largest absolute Gasteiger partial charge is 0.395 e. The van der Waals surface area contributed by atoms with Gasteiger partial charge in [0.25, 0.3) is 0 Å². The second-order valence-electron chi connectivity index (χ2n) is 4.28. The highest BCUT2D eigenvalue weighted by Gasteiger charge is 2.25. The highest BCUT2D eigenvalue weighted by Crippen LogP contribution is 2.15. The van der Waals surface area contributed by atoms with Gasteiger partial charge < -0.3 is 15.7 Å². The van der Waals surface area contributed by atoms with Crippen molar-refractivity contribution in [3.63, 3.8) is 0 Å². The zero-order valence-corrected chi connectivity index (χ0v) is 10.2. The van der Waals surface area contributed by atoms with Gasteiger partial charge >= 0.3 is 0 Å². The minimum absolute atomic E-state index is 0.0595. The molecule has 6 nitrogen and oxygen atoms in total. The molecule has 1 aliphatic heterocycles. The van der Waals surface area contributed by atoms with Crippen molar-refractivity contribution in [2.24, 2.45) is 0 Å². The van der Waals surface area contributed by atoms with Crippen molar-refractivity contribution in [1.29, 1.82) is 0 Å². The summed E-state index contributed by atoms with van der Waals surface area (Å²) in [5.41, 5.74) is 0. The second kappa shape index (κ2) is 7.24. The van der Waals surface area contributed by atoms with E-state index in [0.29, 0.717) is 19.6 Å². The van der Waals surface area contributed by atoms with Gasteiger partial charge in [-0.05, 0) is 19.4 Å². The summed E-state index contributed by atoms with van der Waals surface area (Å²) < 4.78 is 0. The summed E-state index contributed by atoms with van der Waals surface area (Å²) in [5, 5.41) is 14.4.